The van der Waals surface area contributed by atoms with Crippen molar-refractivity contribution in [2.24, 2.45) is 0 Å². The molecule has 1 atom stereocenters. The number of aryl methyl sites for hydroxylation is 1. The van der Waals surface area contributed by atoms with Gasteiger partial charge in [-0.3, -0.25) is 0 Å². The molecule has 3 aromatic rings. The Morgan fingerprint density at radius 1 is 0.826 bits per heavy atom. The Hall–Kier alpha value is -2.36. The number of carbonyl (C=O) groups is 1. The number of nitrogens with zero attached hydrogens (tertiary/aromatic N) is 1. The summed E-state index contributed by atoms with van der Waals surface area (Å²) in [7, 11) is -2.67. The van der Waals surface area contributed by atoms with Crippen LogP contribution < -0.4 is 8.32 Å². The maximum absolute atomic E-state index is 14.7. The number of ether oxygens (including phenoxy) is 1. The van der Waals surface area contributed by atoms with Gasteiger partial charge >= 0.3 is 277 Å². The van der Waals surface area contributed by atoms with E-state index in [0.717, 1.165) is 16.7 Å². The van der Waals surface area contributed by atoms with Crippen molar-refractivity contribution in [3.63, 3.8) is 0 Å². The molecule has 252 valence electrons. The minimum absolute atomic E-state index is 0.0300. The van der Waals surface area contributed by atoms with Crippen molar-refractivity contribution in [1.29, 1.82) is 0 Å². The van der Waals surface area contributed by atoms with E-state index >= 15 is 0 Å². The van der Waals surface area contributed by atoms with Gasteiger partial charge in [0.25, 0.3) is 0 Å². The van der Waals surface area contributed by atoms with Gasteiger partial charge in [0.05, 0.1) is 7.11 Å². The number of sulfonamides is 1. The fourth-order valence-corrected chi connectivity index (χ4v) is 24.7. The number of benzene rings is 3. The van der Waals surface area contributed by atoms with E-state index in [9.17, 15) is 18.3 Å². The van der Waals surface area contributed by atoms with E-state index in [1.54, 1.807) is 27.0 Å². The first kappa shape index (κ1) is 38.1. The van der Waals surface area contributed by atoms with Crippen molar-refractivity contribution < 1.29 is 23.1 Å². The molecule has 0 saturated heterocycles. The number of aliphatic carboxylic acids is 1. The molecule has 0 bridgehead atoms. The van der Waals surface area contributed by atoms with E-state index in [1.807, 2.05) is 37.3 Å². The summed E-state index contributed by atoms with van der Waals surface area (Å²) in [5.74, 6) is -0.558. The molecule has 3 aromatic carbocycles. The molecule has 0 aliphatic rings. The molecule has 6 nitrogen and oxygen atoms in total. The molecule has 0 spiro atoms. The summed E-state index contributed by atoms with van der Waals surface area (Å²) >= 11 is -2.69. The topological polar surface area (TPSA) is 83.9 Å². The molecule has 46 heavy (non-hydrogen) atoms. The van der Waals surface area contributed by atoms with Gasteiger partial charge in [-0.1, -0.05) is 0 Å². The van der Waals surface area contributed by atoms with E-state index in [4.69, 9.17) is 4.74 Å². The fraction of sp³-hybridized carbons (Fsp3) is 0.500. The standard InChI is InChI=1S/C26H28NO5S.3C4H9.Sn/c1-18-15-24(32-4)19(2)20(3)25(18)33(30,31)27(17-22-13-9-6-10-14-22)23(26(28)29)16-21-11-7-5-8-12-21;3*1-3-4-2;/h5,7-15,23H,16-17H2,1-4H3,(H,28,29);3*1,3-4H2,2H3;. The zero-order valence-corrected chi connectivity index (χ0v) is 32.7. The van der Waals surface area contributed by atoms with Gasteiger partial charge in [-0.25, -0.2) is 0 Å². The molecule has 1 N–H and O–H groups in total. The van der Waals surface area contributed by atoms with Gasteiger partial charge in [-0.2, -0.15) is 0 Å². The van der Waals surface area contributed by atoms with Gasteiger partial charge < -0.3 is 0 Å². The predicted molar refractivity (Wildman–Crippen MR) is 192 cm³/mol. The zero-order chi connectivity index (χ0) is 33.9. The third kappa shape index (κ3) is 9.16. The van der Waals surface area contributed by atoms with Gasteiger partial charge in [0.2, 0.25) is 0 Å². The molecule has 0 aliphatic heterocycles. The van der Waals surface area contributed by atoms with Crippen LogP contribution in [0.5, 0.6) is 5.75 Å². The Balaban J connectivity index is 2.14. The van der Waals surface area contributed by atoms with Crippen molar-refractivity contribution in [3.8, 4) is 5.75 Å². The van der Waals surface area contributed by atoms with Crippen LogP contribution in [0.3, 0.4) is 0 Å². The molecule has 3 rings (SSSR count). The fourth-order valence-electron chi connectivity index (χ4n) is 6.76. The summed E-state index contributed by atoms with van der Waals surface area (Å²) in [6.07, 6.45) is 7.44. The molecule has 0 heterocycles. The number of unbranched alkanes of at least 4 members (excludes halogenated alkanes) is 3. The second kappa shape index (κ2) is 17.7. The van der Waals surface area contributed by atoms with Gasteiger partial charge in [0, 0.05) is 0 Å². The number of methoxy groups -OCH3 is 1. The number of carboxylic acid groups (broad SMARTS) is 1. The zero-order valence-electron chi connectivity index (χ0n) is 29.1. The summed E-state index contributed by atoms with van der Waals surface area (Å²) in [4.78, 5) is 13.1. The van der Waals surface area contributed by atoms with Crippen LogP contribution in [-0.2, 0) is 27.8 Å². The second-order valence-corrected chi connectivity index (χ2v) is 27.9. The first-order chi connectivity index (χ1) is 21.9. The molecular weight excluding hydrogens is 701 g/mol. The van der Waals surface area contributed by atoms with Crippen molar-refractivity contribution in [2.45, 2.75) is 117 Å². The Morgan fingerprint density at radius 2 is 1.37 bits per heavy atom. The van der Waals surface area contributed by atoms with Crippen LogP contribution in [0.15, 0.2) is 65.6 Å². The van der Waals surface area contributed by atoms with Crippen molar-refractivity contribution in [3.05, 3.63) is 88.5 Å². The predicted octanol–water partition coefficient (Wildman–Crippen LogP) is 8.56. The van der Waals surface area contributed by atoms with Crippen molar-refractivity contribution >= 4 is 37.9 Å². The van der Waals surface area contributed by atoms with Gasteiger partial charge in [0.1, 0.15) is 0 Å². The molecule has 0 amide bonds. The van der Waals surface area contributed by atoms with Crippen LogP contribution in [0.4, 0.5) is 0 Å². The molecular formula is C38H55NO5SSn. The average Bonchev–Trinajstić information content (AvgIpc) is 3.04. The minimum atomic E-state index is -4.24. The van der Waals surface area contributed by atoms with E-state index < -0.39 is 40.4 Å². The van der Waals surface area contributed by atoms with Gasteiger partial charge in [0.15, 0.2) is 0 Å². The number of rotatable bonds is 19. The third-order valence-corrected chi connectivity index (χ3v) is 27.4. The van der Waals surface area contributed by atoms with Crippen LogP contribution in [0.2, 0.25) is 13.3 Å². The summed E-state index contributed by atoms with van der Waals surface area (Å²) in [6.45, 7) is 12.1. The van der Waals surface area contributed by atoms with Crippen molar-refractivity contribution in [1.82, 2.24) is 4.31 Å². The normalized spacial score (nSPS) is 12.8. The summed E-state index contributed by atoms with van der Waals surface area (Å²) in [5.41, 5.74) is 3.40. The van der Waals surface area contributed by atoms with Gasteiger partial charge in [-0.05, 0) is 0 Å². The van der Waals surface area contributed by atoms with E-state index in [-0.39, 0.29) is 17.9 Å². The van der Waals surface area contributed by atoms with E-state index in [2.05, 4.69) is 45.0 Å². The third-order valence-electron chi connectivity index (χ3n) is 9.60. The SMILES string of the molecule is CCC[CH2][Sn]([CH2]CCC)([CH2]CCC)[c]1ccc(CN(C(Cc2ccccc2)C(=O)O)S(=O)(=O)c2c(C)cc(OC)c(C)c2C)cc1. The maximum atomic E-state index is 14.7. The monoisotopic (exact) mass is 757 g/mol. The molecule has 0 aliphatic carbocycles. The summed E-state index contributed by atoms with van der Waals surface area (Å²) in [6, 6.07) is 18.3. The van der Waals surface area contributed by atoms with Crippen LogP contribution in [0.25, 0.3) is 0 Å². The first-order valence-electron chi connectivity index (χ1n) is 17.0. The number of carboxylic acids is 1. The molecule has 0 radical (unpaired) electrons. The van der Waals surface area contributed by atoms with Crippen LogP contribution >= 0.6 is 0 Å². The number of hydrogen-bond donors (Lipinski definition) is 1. The molecule has 0 fully saturated rings. The molecule has 1 unspecified atom stereocenters. The Labute approximate surface area is 282 Å². The average molecular weight is 757 g/mol. The van der Waals surface area contributed by atoms with Crippen LogP contribution in [0, 0.1) is 20.8 Å². The Morgan fingerprint density at radius 3 is 1.85 bits per heavy atom. The van der Waals surface area contributed by atoms with Crippen LogP contribution in [-0.4, -0.2) is 55.3 Å². The summed E-state index contributed by atoms with van der Waals surface area (Å²) in [5, 5.41) is 10.5. The van der Waals surface area contributed by atoms with Crippen molar-refractivity contribution in [2.75, 3.05) is 7.11 Å². The Kier molecular flexibility index (Phi) is 14.7. The molecule has 0 saturated carbocycles. The molecule has 0 aromatic heterocycles. The first-order valence-corrected chi connectivity index (χ1v) is 25.9. The van der Waals surface area contributed by atoms with Gasteiger partial charge in [-0.15, -0.1) is 0 Å². The van der Waals surface area contributed by atoms with Crippen LogP contribution in [0.1, 0.15) is 87.1 Å². The second-order valence-electron chi connectivity index (χ2n) is 12.9. The van der Waals surface area contributed by atoms with E-state index in [1.165, 1.54) is 59.7 Å². The van der Waals surface area contributed by atoms with E-state index in [0.29, 0.717) is 16.9 Å². The molecule has 8 heteroatoms. The number of hydrogen-bond acceptors (Lipinski definition) is 4. The summed E-state index contributed by atoms with van der Waals surface area (Å²) < 4.78 is 41.6. The Bertz CT molecular complexity index is 1500. The quantitative estimate of drug-likeness (QED) is 0.124.